The van der Waals surface area contributed by atoms with Crippen LogP contribution in [0.1, 0.15) is 6.92 Å². The number of amides is 1. The lowest BCUT2D eigenvalue weighted by molar-refractivity contribution is -0.120. The normalized spacial score (nSPS) is 17.4. The van der Waals surface area contributed by atoms with Gasteiger partial charge >= 0.3 is 0 Å². The average Bonchev–Trinajstić information content (AvgIpc) is 1.83. The van der Waals surface area contributed by atoms with Gasteiger partial charge in [-0.05, 0) is 6.92 Å². The highest BCUT2D eigenvalue weighted by molar-refractivity contribution is 7.88. The van der Waals surface area contributed by atoms with Crippen LogP contribution in [0.3, 0.4) is 0 Å². The highest BCUT2D eigenvalue weighted by Gasteiger charge is 2.42. The molecular weight excluding hydrogens is 172 g/mol. The van der Waals surface area contributed by atoms with E-state index in [9.17, 15) is 13.2 Å². The summed E-state index contributed by atoms with van der Waals surface area (Å²) in [5.74, 6) is -1.16. The summed E-state index contributed by atoms with van der Waals surface area (Å²) < 4.78 is 27.4. The Morgan fingerprint density at radius 2 is 2.00 bits per heavy atom. The van der Waals surface area contributed by atoms with Gasteiger partial charge < -0.3 is 11.5 Å². The van der Waals surface area contributed by atoms with Crippen molar-refractivity contribution in [3.8, 4) is 0 Å². The molecule has 0 saturated carbocycles. The number of carbonyl (C=O) groups excluding carboxylic acids is 1. The van der Waals surface area contributed by atoms with Crippen LogP contribution in [0.5, 0.6) is 0 Å². The summed E-state index contributed by atoms with van der Waals surface area (Å²) in [5, 5.41) is 0. The van der Waals surface area contributed by atoms with Crippen molar-refractivity contribution >= 4 is 16.0 Å². The number of nitrogens with two attached hydrogens (primary N) is 2. The third kappa shape index (κ3) is 1.67. The van der Waals surface area contributed by atoms with Crippen molar-refractivity contribution in [2.24, 2.45) is 11.5 Å². The molecule has 5 N–H and O–H groups in total. The van der Waals surface area contributed by atoms with E-state index in [1.54, 1.807) is 0 Å². The summed E-state index contributed by atoms with van der Waals surface area (Å²) in [4.78, 5) is 10.5. The van der Waals surface area contributed by atoms with E-state index in [0.29, 0.717) is 0 Å². The Kier molecular flexibility index (Phi) is 2.60. The summed E-state index contributed by atoms with van der Waals surface area (Å²) in [7, 11) is -4.51. The maximum Gasteiger partial charge on any atom is 0.280 e. The van der Waals surface area contributed by atoms with Crippen LogP contribution in [-0.4, -0.2) is 30.2 Å². The second-order valence-electron chi connectivity index (χ2n) is 2.27. The smallest absolute Gasteiger partial charge is 0.280 e. The molecule has 0 bridgehead atoms. The molecule has 66 valence electrons. The Morgan fingerprint density at radius 1 is 1.64 bits per heavy atom. The Bertz CT molecular complexity index is 259. The van der Waals surface area contributed by atoms with Crippen molar-refractivity contribution in [1.82, 2.24) is 0 Å². The van der Waals surface area contributed by atoms with Gasteiger partial charge in [-0.15, -0.1) is 0 Å². The lowest BCUT2D eigenvalue weighted by atomic mass is 10.1. The minimum absolute atomic E-state index is 0.541. The van der Waals surface area contributed by atoms with Crippen molar-refractivity contribution in [1.29, 1.82) is 0 Å². The fraction of sp³-hybridized carbons (Fsp3) is 0.750. The van der Waals surface area contributed by atoms with Crippen LogP contribution in [-0.2, 0) is 14.9 Å². The fourth-order valence-electron chi connectivity index (χ4n) is 0.333. The zero-order valence-electron chi connectivity index (χ0n) is 5.94. The summed E-state index contributed by atoms with van der Waals surface area (Å²) in [5.41, 5.74) is 9.66. The van der Waals surface area contributed by atoms with E-state index < -0.39 is 27.3 Å². The van der Waals surface area contributed by atoms with Gasteiger partial charge in [0, 0.05) is 6.54 Å². The maximum absolute atomic E-state index is 10.5. The van der Waals surface area contributed by atoms with Gasteiger partial charge in [-0.2, -0.15) is 8.42 Å². The molecule has 0 aromatic heterocycles. The Hall–Kier alpha value is -0.660. The van der Waals surface area contributed by atoms with Crippen LogP contribution in [0.4, 0.5) is 0 Å². The second kappa shape index (κ2) is 2.76. The fourth-order valence-corrected chi connectivity index (χ4v) is 0.798. The SMILES string of the molecule is CC(CN)(C(N)=O)S(=O)(=O)O. The number of rotatable bonds is 3. The molecule has 1 atom stereocenters. The molecule has 11 heavy (non-hydrogen) atoms. The molecule has 0 aromatic carbocycles. The lowest BCUT2D eigenvalue weighted by Gasteiger charge is -2.19. The monoisotopic (exact) mass is 182 g/mol. The summed E-state index contributed by atoms with van der Waals surface area (Å²) in [6.07, 6.45) is 0. The van der Waals surface area contributed by atoms with Gasteiger partial charge in [-0.3, -0.25) is 9.35 Å². The highest BCUT2D eigenvalue weighted by atomic mass is 32.2. The van der Waals surface area contributed by atoms with Gasteiger partial charge in [0.1, 0.15) is 0 Å². The molecule has 0 radical (unpaired) electrons. The molecule has 0 rings (SSSR count). The second-order valence-corrected chi connectivity index (χ2v) is 4.13. The van der Waals surface area contributed by atoms with E-state index >= 15 is 0 Å². The Balaban J connectivity index is 5.09. The molecular formula is C4H10N2O4S. The standard InChI is InChI=1S/C4H10N2O4S/c1-4(2-5,3(6)7)11(8,9)10/h2,5H2,1H3,(H2,6,7)(H,8,9,10). The molecule has 0 fully saturated rings. The summed E-state index contributed by atoms with van der Waals surface area (Å²) in [6, 6.07) is 0. The predicted molar refractivity (Wildman–Crippen MR) is 38.2 cm³/mol. The zero-order chi connectivity index (χ0) is 9.28. The summed E-state index contributed by atoms with van der Waals surface area (Å²) >= 11 is 0. The first-order valence-corrected chi connectivity index (χ1v) is 4.16. The van der Waals surface area contributed by atoms with Crippen molar-refractivity contribution in [2.45, 2.75) is 11.7 Å². The number of carbonyl (C=O) groups is 1. The van der Waals surface area contributed by atoms with E-state index in [-0.39, 0.29) is 0 Å². The van der Waals surface area contributed by atoms with Crippen LogP contribution in [0, 0.1) is 0 Å². The largest absolute Gasteiger partial charge is 0.368 e. The molecule has 0 saturated heterocycles. The molecule has 7 heteroatoms. The van der Waals surface area contributed by atoms with Crippen LogP contribution < -0.4 is 11.5 Å². The van der Waals surface area contributed by atoms with Crippen molar-refractivity contribution in [2.75, 3.05) is 6.54 Å². The van der Waals surface area contributed by atoms with E-state index in [0.717, 1.165) is 6.92 Å². The quantitative estimate of drug-likeness (QED) is 0.439. The molecule has 0 aliphatic rings. The van der Waals surface area contributed by atoms with Gasteiger partial charge in [-0.25, -0.2) is 0 Å². The molecule has 0 spiro atoms. The van der Waals surface area contributed by atoms with Gasteiger partial charge in [0.25, 0.3) is 10.1 Å². The van der Waals surface area contributed by atoms with E-state index in [2.05, 4.69) is 0 Å². The highest BCUT2D eigenvalue weighted by Crippen LogP contribution is 2.12. The lowest BCUT2D eigenvalue weighted by Crippen LogP contribution is -2.53. The van der Waals surface area contributed by atoms with Crippen LogP contribution in [0.25, 0.3) is 0 Å². The van der Waals surface area contributed by atoms with E-state index in [1.165, 1.54) is 0 Å². The number of primary amides is 1. The van der Waals surface area contributed by atoms with E-state index in [1.807, 2.05) is 0 Å². The number of hydrogen-bond donors (Lipinski definition) is 3. The molecule has 0 aliphatic carbocycles. The molecule has 0 heterocycles. The first-order chi connectivity index (χ1) is 4.75. The summed E-state index contributed by atoms with van der Waals surface area (Å²) in [6.45, 7) is 0.422. The van der Waals surface area contributed by atoms with Gasteiger partial charge in [-0.1, -0.05) is 0 Å². The molecule has 0 aromatic rings. The molecule has 1 amide bonds. The van der Waals surface area contributed by atoms with Gasteiger partial charge in [0.15, 0.2) is 4.75 Å². The first-order valence-electron chi connectivity index (χ1n) is 2.72. The van der Waals surface area contributed by atoms with Crippen LogP contribution in [0.15, 0.2) is 0 Å². The first kappa shape index (κ1) is 10.3. The minimum Gasteiger partial charge on any atom is -0.368 e. The van der Waals surface area contributed by atoms with Gasteiger partial charge in [0.2, 0.25) is 5.91 Å². The Labute approximate surface area is 64.3 Å². The number of hydrogen-bond acceptors (Lipinski definition) is 4. The predicted octanol–water partition coefficient (Wildman–Crippen LogP) is -1.92. The average molecular weight is 182 g/mol. The van der Waals surface area contributed by atoms with Gasteiger partial charge in [0.05, 0.1) is 0 Å². The van der Waals surface area contributed by atoms with Crippen molar-refractivity contribution in [3.05, 3.63) is 0 Å². The topological polar surface area (TPSA) is 123 Å². The zero-order valence-corrected chi connectivity index (χ0v) is 6.76. The van der Waals surface area contributed by atoms with E-state index in [4.69, 9.17) is 16.0 Å². The van der Waals surface area contributed by atoms with Crippen LogP contribution >= 0.6 is 0 Å². The molecule has 6 nitrogen and oxygen atoms in total. The Morgan fingerprint density at radius 3 is 2.00 bits per heavy atom. The third-order valence-corrected chi connectivity index (χ3v) is 2.99. The minimum atomic E-state index is -4.51. The van der Waals surface area contributed by atoms with Crippen molar-refractivity contribution in [3.63, 3.8) is 0 Å². The van der Waals surface area contributed by atoms with Crippen LogP contribution in [0.2, 0.25) is 0 Å². The maximum atomic E-state index is 10.5. The van der Waals surface area contributed by atoms with Crippen molar-refractivity contribution < 1.29 is 17.8 Å². The third-order valence-electron chi connectivity index (χ3n) is 1.48. The molecule has 1 unspecified atom stereocenters. The molecule has 0 aliphatic heterocycles.